The van der Waals surface area contributed by atoms with Gasteiger partial charge in [-0.05, 0) is 40.9 Å². The third-order valence-corrected chi connectivity index (χ3v) is 3.11. The van der Waals surface area contributed by atoms with E-state index in [1.54, 1.807) is 6.20 Å². The van der Waals surface area contributed by atoms with Crippen molar-refractivity contribution in [2.75, 3.05) is 17.6 Å². The lowest BCUT2D eigenvalue weighted by Gasteiger charge is -2.08. The minimum Gasteiger partial charge on any atom is -0.396 e. The second-order valence-corrected chi connectivity index (χ2v) is 5.17. The standard InChI is InChI=1S/C14H16BrN3/c1-10-3-2-4-11(7-10)5-6-17-14-13(16)8-12(15)9-18-14/h2-4,7-9H,5-6,16H2,1H3,(H,17,18). The molecule has 0 aliphatic rings. The number of nitrogens with one attached hydrogen (secondary N) is 1. The first kappa shape index (κ1) is 12.9. The highest BCUT2D eigenvalue weighted by Crippen LogP contribution is 2.19. The quantitative estimate of drug-likeness (QED) is 0.910. The number of pyridine rings is 1. The van der Waals surface area contributed by atoms with Gasteiger partial charge in [0.2, 0.25) is 0 Å². The van der Waals surface area contributed by atoms with Gasteiger partial charge in [0.05, 0.1) is 5.69 Å². The Bertz CT molecular complexity index is 540. The summed E-state index contributed by atoms with van der Waals surface area (Å²) >= 11 is 3.34. The van der Waals surface area contributed by atoms with Crippen molar-refractivity contribution in [3.8, 4) is 0 Å². The molecule has 0 unspecified atom stereocenters. The van der Waals surface area contributed by atoms with E-state index in [0.29, 0.717) is 5.69 Å². The summed E-state index contributed by atoms with van der Waals surface area (Å²) in [4.78, 5) is 4.24. The fraction of sp³-hybridized carbons (Fsp3) is 0.214. The molecule has 0 radical (unpaired) electrons. The molecule has 3 N–H and O–H groups in total. The summed E-state index contributed by atoms with van der Waals surface area (Å²) in [5.41, 5.74) is 9.13. The summed E-state index contributed by atoms with van der Waals surface area (Å²) in [6.07, 6.45) is 2.70. The van der Waals surface area contributed by atoms with Gasteiger partial charge in [0.1, 0.15) is 5.82 Å². The minimum absolute atomic E-state index is 0.661. The van der Waals surface area contributed by atoms with Crippen LogP contribution in [0.2, 0.25) is 0 Å². The number of aryl methyl sites for hydroxylation is 1. The third kappa shape index (κ3) is 3.47. The maximum Gasteiger partial charge on any atom is 0.149 e. The van der Waals surface area contributed by atoms with E-state index < -0.39 is 0 Å². The third-order valence-electron chi connectivity index (χ3n) is 2.67. The van der Waals surface area contributed by atoms with Gasteiger partial charge >= 0.3 is 0 Å². The highest BCUT2D eigenvalue weighted by atomic mass is 79.9. The van der Waals surface area contributed by atoms with Crippen LogP contribution >= 0.6 is 15.9 Å². The summed E-state index contributed by atoms with van der Waals surface area (Å²) in [7, 11) is 0. The maximum absolute atomic E-state index is 5.87. The monoisotopic (exact) mass is 305 g/mol. The van der Waals surface area contributed by atoms with Crippen LogP contribution in [0.5, 0.6) is 0 Å². The van der Waals surface area contributed by atoms with Crippen LogP contribution < -0.4 is 11.1 Å². The zero-order valence-electron chi connectivity index (χ0n) is 10.3. The Morgan fingerprint density at radius 2 is 2.17 bits per heavy atom. The predicted molar refractivity (Wildman–Crippen MR) is 79.7 cm³/mol. The number of halogens is 1. The Hall–Kier alpha value is -1.55. The molecule has 4 heteroatoms. The van der Waals surface area contributed by atoms with Crippen molar-refractivity contribution < 1.29 is 0 Å². The van der Waals surface area contributed by atoms with Crippen molar-refractivity contribution in [1.82, 2.24) is 4.98 Å². The molecule has 3 nitrogen and oxygen atoms in total. The molecule has 0 fully saturated rings. The smallest absolute Gasteiger partial charge is 0.149 e. The number of nitrogens with two attached hydrogens (primary N) is 1. The SMILES string of the molecule is Cc1cccc(CCNc2ncc(Br)cc2N)c1. The molecule has 94 valence electrons. The van der Waals surface area contributed by atoms with Crippen molar-refractivity contribution in [1.29, 1.82) is 0 Å². The van der Waals surface area contributed by atoms with Gasteiger partial charge in [-0.25, -0.2) is 4.98 Å². The molecule has 1 aromatic carbocycles. The fourth-order valence-electron chi connectivity index (χ4n) is 1.80. The molecule has 1 aromatic heterocycles. The molecule has 0 saturated heterocycles. The molecule has 0 aliphatic carbocycles. The molecule has 0 aliphatic heterocycles. The van der Waals surface area contributed by atoms with Gasteiger partial charge in [-0.2, -0.15) is 0 Å². The zero-order chi connectivity index (χ0) is 13.0. The lowest BCUT2D eigenvalue weighted by atomic mass is 10.1. The summed E-state index contributed by atoms with van der Waals surface area (Å²) in [5, 5.41) is 3.25. The van der Waals surface area contributed by atoms with Crippen molar-refractivity contribution in [3.63, 3.8) is 0 Å². The number of hydrogen-bond acceptors (Lipinski definition) is 3. The lowest BCUT2D eigenvalue weighted by Crippen LogP contribution is -2.08. The van der Waals surface area contributed by atoms with E-state index in [4.69, 9.17) is 5.73 Å². The molecule has 0 amide bonds. The fourth-order valence-corrected chi connectivity index (χ4v) is 2.14. The minimum atomic E-state index is 0.661. The number of aromatic nitrogens is 1. The first-order valence-electron chi connectivity index (χ1n) is 5.85. The van der Waals surface area contributed by atoms with E-state index in [2.05, 4.69) is 57.4 Å². The summed E-state index contributed by atoms with van der Waals surface area (Å²) < 4.78 is 0.893. The second kappa shape index (κ2) is 5.87. The highest BCUT2D eigenvalue weighted by Gasteiger charge is 2.01. The number of nitrogen functional groups attached to an aromatic ring is 1. The Kier molecular flexibility index (Phi) is 4.20. The Balaban J connectivity index is 1.92. The number of rotatable bonds is 4. The van der Waals surface area contributed by atoms with Crippen LogP contribution in [0.3, 0.4) is 0 Å². The number of benzene rings is 1. The van der Waals surface area contributed by atoms with Gasteiger partial charge in [0.25, 0.3) is 0 Å². The van der Waals surface area contributed by atoms with Crippen molar-refractivity contribution in [2.45, 2.75) is 13.3 Å². The molecule has 0 saturated carbocycles. The van der Waals surface area contributed by atoms with Gasteiger partial charge < -0.3 is 11.1 Å². The number of anilines is 2. The van der Waals surface area contributed by atoms with E-state index in [1.165, 1.54) is 11.1 Å². The van der Waals surface area contributed by atoms with Crippen LogP contribution in [-0.2, 0) is 6.42 Å². The first-order chi connectivity index (χ1) is 8.65. The van der Waals surface area contributed by atoms with Crippen molar-refractivity contribution >= 4 is 27.4 Å². The molecular weight excluding hydrogens is 290 g/mol. The van der Waals surface area contributed by atoms with Crippen LogP contribution in [0.25, 0.3) is 0 Å². The lowest BCUT2D eigenvalue weighted by molar-refractivity contribution is 1.00. The Labute approximate surface area is 116 Å². The number of nitrogens with zero attached hydrogens (tertiary/aromatic N) is 1. The molecule has 1 heterocycles. The van der Waals surface area contributed by atoms with Gasteiger partial charge in [-0.1, -0.05) is 29.8 Å². The number of hydrogen-bond donors (Lipinski definition) is 2. The van der Waals surface area contributed by atoms with Gasteiger partial charge in [0, 0.05) is 17.2 Å². The van der Waals surface area contributed by atoms with E-state index in [1.807, 2.05) is 6.07 Å². The molecule has 0 bridgehead atoms. The largest absolute Gasteiger partial charge is 0.396 e. The maximum atomic E-state index is 5.87. The van der Waals surface area contributed by atoms with E-state index in [-0.39, 0.29) is 0 Å². The van der Waals surface area contributed by atoms with Crippen LogP contribution in [-0.4, -0.2) is 11.5 Å². The summed E-state index contributed by atoms with van der Waals surface area (Å²) in [6.45, 7) is 2.92. The van der Waals surface area contributed by atoms with Crippen LogP contribution in [0.1, 0.15) is 11.1 Å². The van der Waals surface area contributed by atoms with Crippen molar-refractivity contribution in [2.24, 2.45) is 0 Å². The zero-order valence-corrected chi connectivity index (χ0v) is 11.9. The van der Waals surface area contributed by atoms with E-state index in [0.717, 1.165) is 23.3 Å². The summed E-state index contributed by atoms with van der Waals surface area (Å²) in [5.74, 6) is 0.742. The molecule has 0 atom stereocenters. The van der Waals surface area contributed by atoms with Gasteiger partial charge in [-0.15, -0.1) is 0 Å². The van der Waals surface area contributed by atoms with Crippen LogP contribution in [0.4, 0.5) is 11.5 Å². The molecule has 2 rings (SSSR count). The van der Waals surface area contributed by atoms with E-state index >= 15 is 0 Å². The van der Waals surface area contributed by atoms with Crippen LogP contribution in [0.15, 0.2) is 41.0 Å². The normalized spacial score (nSPS) is 10.3. The average Bonchev–Trinajstić information content (AvgIpc) is 2.32. The molecule has 2 aromatic rings. The Morgan fingerprint density at radius 3 is 2.89 bits per heavy atom. The summed E-state index contributed by atoms with van der Waals surface area (Å²) in [6, 6.07) is 10.4. The second-order valence-electron chi connectivity index (χ2n) is 4.26. The predicted octanol–water partition coefficient (Wildman–Crippen LogP) is 3.39. The van der Waals surface area contributed by atoms with Crippen LogP contribution in [0, 0.1) is 6.92 Å². The van der Waals surface area contributed by atoms with Gasteiger partial charge in [0.15, 0.2) is 0 Å². The van der Waals surface area contributed by atoms with Crippen molar-refractivity contribution in [3.05, 3.63) is 52.1 Å². The average molecular weight is 306 g/mol. The molecular formula is C14H16BrN3. The molecule has 0 spiro atoms. The highest BCUT2D eigenvalue weighted by molar-refractivity contribution is 9.10. The first-order valence-corrected chi connectivity index (χ1v) is 6.65. The molecule has 18 heavy (non-hydrogen) atoms. The van der Waals surface area contributed by atoms with Gasteiger partial charge in [-0.3, -0.25) is 0 Å². The Morgan fingerprint density at radius 1 is 1.33 bits per heavy atom. The topological polar surface area (TPSA) is 50.9 Å². The van der Waals surface area contributed by atoms with E-state index in [9.17, 15) is 0 Å².